The number of nitrogens with zero attached hydrogens (tertiary/aromatic N) is 4. The van der Waals surface area contributed by atoms with Gasteiger partial charge < -0.3 is 9.64 Å². The minimum Gasteiger partial charge on any atom is -0.492 e. The summed E-state index contributed by atoms with van der Waals surface area (Å²) in [6.07, 6.45) is 0. The van der Waals surface area contributed by atoms with E-state index in [0.29, 0.717) is 40.8 Å². The normalized spacial score (nSPS) is 11.1. The number of amides is 1. The highest BCUT2D eigenvalue weighted by Gasteiger charge is 2.25. The molecule has 0 unspecified atom stereocenters. The molecule has 4 rings (SSSR count). The molecule has 0 aliphatic rings. The number of carbonyl (C=O) groups excluding carboxylic acids is 1. The summed E-state index contributed by atoms with van der Waals surface area (Å²) in [5.41, 5.74) is 0.759. The summed E-state index contributed by atoms with van der Waals surface area (Å²) in [7, 11) is 0. The van der Waals surface area contributed by atoms with Crippen molar-refractivity contribution in [1.29, 1.82) is 0 Å². The first-order valence-corrected chi connectivity index (χ1v) is 12.8. The van der Waals surface area contributed by atoms with Crippen LogP contribution in [-0.4, -0.2) is 53.5 Å². The minimum absolute atomic E-state index is 0. The van der Waals surface area contributed by atoms with Crippen molar-refractivity contribution in [1.82, 2.24) is 9.88 Å². The Morgan fingerprint density at radius 2 is 1.83 bits per heavy atom. The Labute approximate surface area is 217 Å². The van der Waals surface area contributed by atoms with Gasteiger partial charge >= 0.3 is 0 Å². The van der Waals surface area contributed by atoms with Crippen LogP contribution in [0.25, 0.3) is 20.3 Å². The Bertz CT molecular complexity index is 1340. The number of nitro benzene ring substituents is 1. The second kappa shape index (κ2) is 11.8. The van der Waals surface area contributed by atoms with Gasteiger partial charge in [-0.3, -0.25) is 19.8 Å². The van der Waals surface area contributed by atoms with Gasteiger partial charge in [0.25, 0.3) is 11.6 Å². The van der Waals surface area contributed by atoms with Crippen LogP contribution in [0.2, 0.25) is 0 Å². The number of anilines is 1. The third-order valence-electron chi connectivity index (χ3n) is 5.60. The largest absolute Gasteiger partial charge is 0.492 e. The maximum absolute atomic E-state index is 13.7. The summed E-state index contributed by atoms with van der Waals surface area (Å²) in [4.78, 5) is 33.8. The number of fused-ring (bicyclic) bond motifs is 2. The first-order valence-electron chi connectivity index (χ1n) is 11.2. The maximum Gasteiger partial charge on any atom is 0.270 e. The molecular weight excluding hydrogens is 508 g/mol. The summed E-state index contributed by atoms with van der Waals surface area (Å²) in [6.45, 7) is 9.63. The van der Waals surface area contributed by atoms with Gasteiger partial charge in [0.05, 0.1) is 21.1 Å². The van der Waals surface area contributed by atoms with Gasteiger partial charge in [0.15, 0.2) is 5.13 Å². The number of halogens is 1. The van der Waals surface area contributed by atoms with Crippen LogP contribution in [0.5, 0.6) is 5.75 Å². The van der Waals surface area contributed by atoms with Crippen molar-refractivity contribution >= 4 is 72.1 Å². The number of nitro groups is 1. The molecule has 0 fully saturated rings. The molecule has 35 heavy (non-hydrogen) atoms. The van der Waals surface area contributed by atoms with Gasteiger partial charge in [0.2, 0.25) is 0 Å². The number of para-hydroxylation sites is 1. The number of likely N-dealkylation sites (N-methyl/N-ethyl adjacent to an activating group) is 1. The lowest BCUT2D eigenvalue weighted by atomic mass is 10.2. The van der Waals surface area contributed by atoms with Crippen molar-refractivity contribution in [3.05, 3.63) is 57.5 Å². The van der Waals surface area contributed by atoms with E-state index in [0.717, 1.165) is 28.0 Å². The fourth-order valence-corrected chi connectivity index (χ4v) is 5.75. The predicted octanol–water partition coefficient (Wildman–Crippen LogP) is 6.23. The molecule has 0 N–H and O–H groups in total. The number of carbonyl (C=O) groups is 1. The zero-order valence-corrected chi connectivity index (χ0v) is 22.2. The minimum atomic E-state index is -0.425. The van der Waals surface area contributed by atoms with Crippen molar-refractivity contribution in [2.24, 2.45) is 0 Å². The van der Waals surface area contributed by atoms with Crippen LogP contribution in [0, 0.1) is 10.1 Å². The summed E-state index contributed by atoms with van der Waals surface area (Å²) < 4.78 is 7.53. The Hall–Kier alpha value is -2.79. The molecule has 2 heterocycles. The highest BCUT2D eigenvalue weighted by molar-refractivity contribution is 7.23. The van der Waals surface area contributed by atoms with E-state index in [1.165, 1.54) is 34.8 Å². The molecule has 4 aromatic rings. The van der Waals surface area contributed by atoms with Gasteiger partial charge in [0.1, 0.15) is 11.3 Å². The fraction of sp³-hybridized carbons (Fsp3) is 0.333. The molecule has 2 aromatic heterocycles. The first kappa shape index (κ1) is 26.8. The average Bonchev–Trinajstić information content (AvgIpc) is 3.46. The lowest BCUT2D eigenvalue weighted by molar-refractivity contribution is -0.384. The predicted molar refractivity (Wildman–Crippen MR) is 146 cm³/mol. The van der Waals surface area contributed by atoms with Crippen LogP contribution >= 0.6 is 35.1 Å². The van der Waals surface area contributed by atoms with E-state index in [2.05, 4.69) is 18.7 Å². The van der Waals surface area contributed by atoms with E-state index in [9.17, 15) is 14.9 Å². The SMILES string of the molecule is CCOc1cccc2sc(N(CCN(CC)CC)C(=O)c3cc4cc([N+](=O)[O-])ccc4s3)nc12.Cl. The Morgan fingerprint density at radius 1 is 1.06 bits per heavy atom. The summed E-state index contributed by atoms with van der Waals surface area (Å²) in [5.74, 6) is 0.542. The van der Waals surface area contributed by atoms with Crippen LogP contribution in [0.1, 0.15) is 30.4 Å². The molecule has 186 valence electrons. The van der Waals surface area contributed by atoms with Crippen molar-refractivity contribution in [3.8, 4) is 5.75 Å². The van der Waals surface area contributed by atoms with Gasteiger partial charge in [-0.05, 0) is 44.3 Å². The number of hydrogen-bond donors (Lipinski definition) is 0. The number of non-ortho nitro benzene ring substituents is 1. The van der Waals surface area contributed by atoms with Crippen molar-refractivity contribution in [2.45, 2.75) is 20.8 Å². The quantitative estimate of drug-likeness (QED) is 0.177. The molecule has 0 saturated carbocycles. The molecule has 8 nitrogen and oxygen atoms in total. The highest BCUT2D eigenvalue weighted by Crippen LogP contribution is 2.36. The third kappa shape index (κ3) is 5.72. The van der Waals surface area contributed by atoms with Crippen LogP contribution in [-0.2, 0) is 0 Å². The average molecular weight is 535 g/mol. The van der Waals surface area contributed by atoms with E-state index in [1.807, 2.05) is 25.1 Å². The van der Waals surface area contributed by atoms with Gasteiger partial charge in [-0.25, -0.2) is 4.98 Å². The number of thiophene rings is 1. The topological polar surface area (TPSA) is 88.8 Å². The number of ether oxygens (including phenoxy) is 1. The molecule has 0 bridgehead atoms. The number of benzene rings is 2. The standard InChI is InChI=1S/C24H26N4O4S2.ClH/c1-4-26(5-2)12-13-27(24-25-22-18(32-6-3)8-7-9-20(22)34-24)23(29)21-15-16-14-17(28(30)31)10-11-19(16)33-21;/h7-11,14-15H,4-6,12-13H2,1-3H3;1H. The lowest BCUT2D eigenvalue weighted by Crippen LogP contribution is -2.38. The monoisotopic (exact) mass is 534 g/mol. The fourth-order valence-electron chi connectivity index (χ4n) is 3.75. The lowest BCUT2D eigenvalue weighted by Gasteiger charge is -2.24. The molecule has 0 aliphatic heterocycles. The number of aromatic nitrogens is 1. The number of thiazole rings is 1. The smallest absolute Gasteiger partial charge is 0.270 e. The summed E-state index contributed by atoms with van der Waals surface area (Å²) in [5, 5.41) is 12.5. The van der Waals surface area contributed by atoms with Gasteiger partial charge in [-0.2, -0.15) is 0 Å². The Morgan fingerprint density at radius 3 is 2.51 bits per heavy atom. The second-order valence-corrected chi connectivity index (χ2v) is 9.70. The molecule has 0 aliphatic carbocycles. The van der Waals surface area contributed by atoms with Gasteiger partial charge in [0, 0.05) is 35.3 Å². The van der Waals surface area contributed by atoms with Crippen LogP contribution in [0.4, 0.5) is 10.8 Å². The van der Waals surface area contributed by atoms with Crippen LogP contribution in [0.3, 0.4) is 0 Å². The Balaban J connectivity index is 0.00000342. The number of rotatable bonds is 10. The van der Waals surface area contributed by atoms with E-state index in [-0.39, 0.29) is 24.0 Å². The second-order valence-electron chi connectivity index (χ2n) is 7.61. The molecule has 0 radical (unpaired) electrons. The highest BCUT2D eigenvalue weighted by atomic mass is 35.5. The third-order valence-corrected chi connectivity index (χ3v) is 7.75. The van der Waals surface area contributed by atoms with Gasteiger partial charge in [-0.1, -0.05) is 31.3 Å². The summed E-state index contributed by atoms with van der Waals surface area (Å²) in [6, 6.07) is 12.2. The first-order chi connectivity index (χ1) is 16.4. The molecule has 0 spiro atoms. The van der Waals surface area contributed by atoms with E-state index < -0.39 is 4.92 Å². The zero-order valence-electron chi connectivity index (χ0n) is 19.7. The molecular formula is C24H27ClN4O4S2. The summed E-state index contributed by atoms with van der Waals surface area (Å²) >= 11 is 2.80. The van der Waals surface area contributed by atoms with E-state index in [1.54, 1.807) is 17.0 Å². The van der Waals surface area contributed by atoms with Crippen molar-refractivity contribution in [2.75, 3.05) is 37.7 Å². The number of hydrogen-bond acceptors (Lipinski definition) is 8. The Kier molecular flexibility index (Phi) is 9.01. The van der Waals surface area contributed by atoms with Crippen LogP contribution in [0.15, 0.2) is 42.5 Å². The maximum atomic E-state index is 13.7. The molecule has 2 aromatic carbocycles. The van der Waals surface area contributed by atoms with Crippen LogP contribution < -0.4 is 9.64 Å². The van der Waals surface area contributed by atoms with Crippen molar-refractivity contribution < 1.29 is 14.5 Å². The molecule has 11 heteroatoms. The van der Waals surface area contributed by atoms with E-state index in [4.69, 9.17) is 9.72 Å². The van der Waals surface area contributed by atoms with Crippen molar-refractivity contribution in [3.63, 3.8) is 0 Å². The van der Waals surface area contributed by atoms with Gasteiger partial charge in [-0.15, -0.1) is 23.7 Å². The zero-order chi connectivity index (χ0) is 24.2. The molecule has 0 saturated heterocycles. The molecule has 1 amide bonds. The molecule has 0 atom stereocenters. The van der Waals surface area contributed by atoms with E-state index >= 15 is 0 Å².